The van der Waals surface area contributed by atoms with Crippen LogP contribution in [0.3, 0.4) is 0 Å². The van der Waals surface area contributed by atoms with Gasteiger partial charge in [0.15, 0.2) is 0 Å². The minimum Gasteiger partial charge on any atom is -0.264 e. The first kappa shape index (κ1) is 7.44. The maximum absolute atomic E-state index is 4.25. The number of hydrogen-bond acceptors (Lipinski definition) is 2. The van der Waals surface area contributed by atoms with Crippen molar-refractivity contribution in [2.24, 2.45) is 0 Å². The van der Waals surface area contributed by atoms with E-state index in [1.165, 1.54) is 0 Å². The maximum atomic E-state index is 4.25. The SMILES string of the molecule is [c]1cc2ccncc2c2cccnc12. The Bertz CT molecular complexity index is 547. The second kappa shape index (κ2) is 2.77. The van der Waals surface area contributed by atoms with Crippen molar-refractivity contribution in [1.82, 2.24) is 9.97 Å². The highest BCUT2D eigenvalue weighted by atomic mass is 14.6. The van der Waals surface area contributed by atoms with Gasteiger partial charge in [0, 0.05) is 35.4 Å². The Morgan fingerprint density at radius 2 is 2.07 bits per heavy atom. The van der Waals surface area contributed by atoms with E-state index in [0.29, 0.717) is 0 Å². The van der Waals surface area contributed by atoms with Crippen LogP contribution in [0.1, 0.15) is 0 Å². The molecule has 0 amide bonds. The Labute approximate surface area is 81.2 Å². The molecule has 0 saturated heterocycles. The molecule has 0 aliphatic rings. The van der Waals surface area contributed by atoms with Crippen LogP contribution in [0.4, 0.5) is 0 Å². The number of benzene rings is 1. The van der Waals surface area contributed by atoms with Gasteiger partial charge in [-0.1, -0.05) is 6.07 Å². The molecule has 65 valence electrons. The predicted molar refractivity (Wildman–Crippen MR) is 55.9 cm³/mol. The smallest absolute Gasteiger partial charge is 0.0788 e. The molecule has 1 aromatic carbocycles. The van der Waals surface area contributed by atoms with Crippen LogP contribution in [0.5, 0.6) is 0 Å². The molecule has 0 N–H and O–H groups in total. The van der Waals surface area contributed by atoms with E-state index in [2.05, 4.69) is 16.0 Å². The zero-order valence-electron chi connectivity index (χ0n) is 7.44. The summed E-state index contributed by atoms with van der Waals surface area (Å²) in [6.45, 7) is 0. The van der Waals surface area contributed by atoms with Crippen molar-refractivity contribution in [1.29, 1.82) is 0 Å². The second-order valence-corrected chi connectivity index (χ2v) is 3.15. The number of pyridine rings is 2. The maximum Gasteiger partial charge on any atom is 0.0788 e. The number of nitrogens with zero attached hydrogens (tertiary/aromatic N) is 2. The van der Waals surface area contributed by atoms with Gasteiger partial charge in [0.1, 0.15) is 0 Å². The highest BCUT2D eigenvalue weighted by Crippen LogP contribution is 2.21. The summed E-state index contributed by atoms with van der Waals surface area (Å²) in [5.41, 5.74) is 0.896. The summed E-state index contributed by atoms with van der Waals surface area (Å²) >= 11 is 0. The van der Waals surface area contributed by atoms with Crippen LogP contribution >= 0.6 is 0 Å². The summed E-state index contributed by atoms with van der Waals surface area (Å²) in [6.07, 6.45) is 5.44. The Balaban J connectivity index is 2.61. The van der Waals surface area contributed by atoms with E-state index in [4.69, 9.17) is 0 Å². The van der Waals surface area contributed by atoms with Gasteiger partial charge in [-0.25, -0.2) is 0 Å². The summed E-state index contributed by atoms with van der Waals surface area (Å²) in [5.74, 6) is 0. The lowest BCUT2D eigenvalue weighted by Gasteiger charge is -2.00. The highest BCUT2D eigenvalue weighted by molar-refractivity contribution is 6.05. The third-order valence-electron chi connectivity index (χ3n) is 2.32. The summed E-state index contributed by atoms with van der Waals surface area (Å²) in [4.78, 5) is 8.37. The number of rotatable bonds is 0. The van der Waals surface area contributed by atoms with Crippen molar-refractivity contribution < 1.29 is 0 Å². The van der Waals surface area contributed by atoms with Crippen molar-refractivity contribution in [3.63, 3.8) is 0 Å². The van der Waals surface area contributed by atoms with E-state index in [1.807, 2.05) is 30.5 Å². The van der Waals surface area contributed by atoms with Crippen molar-refractivity contribution in [3.8, 4) is 0 Å². The standard InChI is InChI=1S/C12H7N2/c1-2-10-11-8-13-7-5-9(11)3-4-12(10)14-6-1/h1-3,5-8H. The van der Waals surface area contributed by atoms with E-state index < -0.39 is 0 Å². The molecule has 1 radical (unpaired) electrons. The molecule has 0 aliphatic carbocycles. The largest absolute Gasteiger partial charge is 0.264 e. The first-order valence-corrected chi connectivity index (χ1v) is 4.44. The van der Waals surface area contributed by atoms with E-state index in [0.717, 1.165) is 21.7 Å². The van der Waals surface area contributed by atoms with Crippen LogP contribution in [-0.2, 0) is 0 Å². The molecule has 2 heterocycles. The molecule has 3 rings (SSSR count). The first-order valence-electron chi connectivity index (χ1n) is 4.44. The van der Waals surface area contributed by atoms with Crippen molar-refractivity contribution in [2.75, 3.05) is 0 Å². The van der Waals surface area contributed by atoms with Crippen molar-refractivity contribution in [2.45, 2.75) is 0 Å². The van der Waals surface area contributed by atoms with E-state index in [9.17, 15) is 0 Å². The zero-order chi connectivity index (χ0) is 9.38. The molecule has 3 aromatic rings. The third kappa shape index (κ3) is 0.973. The molecule has 0 bridgehead atoms. The first-order chi connectivity index (χ1) is 6.95. The fraction of sp³-hybridized carbons (Fsp3) is 0. The van der Waals surface area contributed by atoms with Gasteiger partial charge in [-0.05, 0) is 23.6 Å². The molecular weight excluding hydrogens is 172 g/mol. The zero-order valence-corrected chi connectivity index (χ0v) is 7.44. The summed E-state index contributed by atoms with van der Waals surface area (Å²) in [6, 6.07) is 11.1. The average Bonchev–Trinajstić information content (AvgIpc) is 2.29. The quantitative estimate of drug-likeness (QED) is 0.496. The van der Waals surface area contributed by atoms with Crippen LogP contribution < -0.4 is 0 Å². The molecule has 0 aliphatic heterocycles. The minimum absolute atomic E-state index is 0.896. The summed E-state index contributed by atoms with van der Waals surface area (Å²) in [5, 5.41) is 3.40. The van der Waals surface area contributed by atoms with Gasteiger partial charge >= 0.3 is 0 Å². The van der Waals surface area contributed by atoms with Gasteiger partial charge in [0.05, 0.1) is 5.52 Å². The lowest BCUT2D eigenvalue weighted by atomic mass is 10.1. The minimum atomic E-state index is 0.896. The monoisotopic (exact) mass is 179 g/mol. The molecule has 0 spiro atoms. The van der Waals surface area contributed by atoms with Crippen LogP contribution in [0, 0.1) is 6.07 Å². The predicted octanol–water partition coefficient (Wildman–Crippen LogP) is 2.58. The van der Waals surface area contributed by atoms with Gasteiger partial charge in [-0.15, -0.1) is 0 Å². The van der Waals surface area contributed by atoms with Gasteiger partial charge in [0.2, 0.25) is 0 Å². The van der Waals surface area contributed by atoms with Gasteiger partial charge in [0.25, 0.3) is 0 Å². The van der Waals surface area contributed by atoms with Crippen LogP contribution in [0.2, 0.25) is 0 Å². The summed E-state index contributed by atoms with van der Waals surface area (Å²) < 4.78 is 0. The number of fused-ring (bicyclic) bond motifs is 3. The van der Waals surface area contributed by atoms with Crippen LogP contribution in [0.15, 0.2) is 42.9 Å². The van der Waals surface area contributed by atoms with Crippen molar-refractivity contribution >= 4 is 21.7 Å². The lowest BCUT2D eigenvalue weighted by molar-refractivity contribution is 1.36. The second-order valence-electron chi connectivity index (χ2n) is 3.15. The van der Waals surface area contributed by atoms with Gasteiger partial charge in [-0.3, -0.25) is 9.97 Å². The van der Waals surface area contributed by atoms with Gasteiger partial charge < -0.3 is 0 Å². The molecular formula is C12H7N2. The molecule has 2 nitrogen and oxygen atoms in total. The lowest BCUT2D eigenvalue weighted by Crippen LogP contribution is -1.81. The van der Waals surface area contributed by atoms with E-state index >= 15 is 0 Å². The average molecular weight is 179 g/mol. The summed E-state index contributed by atoms with van der Waals surface area (Å²) in [7, 11) is 0. The number of aromatic nitrogens is 2. The Morgan fingerprint density at radius 1 is 1.07 bits per heavy atom. The van der Waals surface area contributed by atoms with Crippen molar-refractivity contribution in [3.05, 3.63) is 48.9 Å². The molecule has 0 saturated carbocycles. The van der Waals surface area contributed by atoms with E-state index in [1.54, 1.807) is 12.4 Å². The molecule has 14 heavy (non-hydrogen) atoms. The molecule has 0 fully saturated rings. The molecule has 2 aromatic heterocycles. The van der Waals surface area contributed by atoms with Crippen LogP contribution in [0.25, 0.3) is 21.7 Å². The molecule has 0 atom stereocenters. The highest BCUT2D eigenvalue weighted by Gasteiger charge is 1.99. The molecule has 0 unspecified atom stereocenters. The third-order valence-corrected chi connectivity index (χ3v) is 2.32. The number of hydrogen-bond donors (Lipinski definition) is 0. The molecule has 2 heteroatoms. The Kier molecular flexibility index (Phi) is 1.47. The topological polar surface area (TPSA) is 25.8 Å². The Morgan fingerprint density at radius 3 is 3.07 bits per heavy atom. The van der Waals surface area contributed by atoms with Crippen LogP contribution in [-0.4, -0.2) is 9.97 Å². The fourth-order valence-electron chi connectivity index (χ4n) is 1.64. The van der Waals surface area contributed by atoms with E-state index in [-0.39, 0.29) is 0 Å². The normalized spacial score (nSPS) is 10.9. The Hall–Kier alpha value is -1.96. The van der Waals surface area contributed by atoms with Gasteiger partial charge in [-0.2, -0.15) is 0 Å². The fourth-order valence-corrected chi connectivity index (χ4v) is 1.64.